The van der Waals surface area contributed by atoms with Crippen molar-refractivity contribution in [2.24, 2.45) is 11.8 Å². The number of aliphatic hydroxyl groups excluding tert-OH is 3. The molecule has 30 nitrogen and oxygen atoms in total. The van der Waals surface area contributed by atoms with Crippen LogP contribution in [0.5, 0.6) is 17.2 Å². The highest BCUT2D eigenvalue weighted by Gasteiger charge is 2.63. The summed E-state index contributed by atoms with van der Waals surface area (Å²) in [5, 5.41) is 56.5. The standard InChI is InChI=1S/C27H37ClN5O8P.C21H27N2O7P.C15H19ClN4O4.2CH4/c1-4-18(5-2)13-38-26(36)17(3)32-42(37,41-19-9-7-6-8-10-19)39-15-27(14-28)24(35)22(34)23(40-27)20-11-12-21-25(29)30-16-31-33(20)21;1-4-17(5-2)15-28-21(24)16(3)22-31(27,29-19-9-7-6-8-10-19)30-20-13-11-18(12-14-20)23(25)26;1-14(2)22-11-10(23-15(5-16,6-21)12(11)24-14)8-3-4-9-13(17)18-7-19-20(8)9;;/h6-12,16-18,22-24,34-35H,4-5,13-15H2,1-3H3,(H,32,37)(H2,29,30,31);6-14,16-17H,4-5,15H2,1-3H3,(H,22,27);3-4,7,10-12,21H,5-6H2,1-2H3,(H2,17,18,19);2*1H4/t17-,22-,23-,24-,27+,42?;16-,31?;10-,11-,12-,15+;;/m000../s1. The number of benzene rings is 3. The van der Waals surface area contributed by atoms with Gasteiger partial charge in [0.15, 0.2) is 17.4 Å². The van der Waals surface area contributed by atoms with Crippen LogP contribution in [-0.4, -0.2) is 153 Å². The van der Waals surface area contributed by atoms with Crippen molar-refractivity contribution in [2.45, 2.75) is 162 Å². The number of carbonyl (C=O) groups excluding carboxylic acids is 2. The van der Waals surface area contributed by atoms with Gasteiger partial charge in [0.1, 0.15) is 101 Å². The summed E-state index contributed by atoms with van der Waals surface area (Å²) in [4.78, 5) is 43.3. The number of nitrogens with two attached hydrogens (primary N) is 2. The average molecular weight is 1460 g/mol. The van der Waals surface area contributed by atoms with E-state index in [9.17, 15) is 44.2 Å². The Morgan fingerprint density at radius 2 is 1.09 bits per heavy atom. The predicted octanol–water partition coefficient (Wildman–Crippen LogP) is 10.5. The molecule has 99 heavy (non-hydrogen) atoms. The smallest absolute Gasteiger partial charge is 0.464 e. The minimum atomic E-state index is -4.32. The van der Waals surface area contributed by atoms with Crippen molar-refractivity contribution in [2.75, 3.05) is 49.7 Å². The third-order valence-electron chi connectivity index (χ3n) is 16.5. The number of nitrogens with one attached hydrogen (secondary N) is 2. The number of nitro benzene ring substituents is 1. The molecule has 3 fully saturated rings. The molecule has 0 bridgehead atoms. The van der Waals surface area contributed by atoms with Gasteiger partial charge in [-0.05, 0) is 100 Å². The summed E-state index contributed by atoms with van der Waals surface area (Å²) in [7, 11) is -8.41. The summed E-state index contributed by atoms with van der Waals surface area (Å²) in [6, 6.07) is 26.5. The fourth-order valence-corrected chi connectivity index (χ4v) is 14.4. The Morgan fingerprint density at radius 1 is 0.657 bits per heavy atom. The van der Waals surface area contributed by atoms with E-state index in [4.69, 9.17) is 81.2 Å². The van der Waals surface area contributed by atoms with Gasteiger partial charge in [-0.25, -0.2) is 28.1 Å². The summed E-state index contributed by atoms with van der Waals surface area (Å²) >= 11 is 12.4. The molecule has 0 spiro atoms. The molecule has 4 aromatic heterocycles. The van der Waals surface area contributed by atoms with Gasteiger partial charge in [0.05, 0.1) is 54.5 Å². The van der Waals surface area contributed by atoms with Crippen LogP contribution in [-0.2, 0) is 51.7 Å². The number of hydrogen-bond acceptors (Lipinski definition) is 25. The number of nitrogen functional groups attached to an aromatic ring is 2. The van der Waals surface area contributed by atoms with E-state index in [0.717, 1.165) is 31.4 Å². The maximum Gasteiger partial charge on any atom is 0.513 e. The van der Waals surface area contributed by atoms with Gasteiger partial charge in [-0.1, -0.05) is 105 Å². The lowest BCUT2D eigenvalue weighted by molar-refractivity contribution is -0.384. The summed E-state index contributed by atoms with van der Waals surface area (Å²) in [5.74, 6) is -0.684. The maximum atomic E-state index is 14.0. The first-order valence-electron chi connectivity index (χ1n) is 31.4. The maximum absolute atomic E-state index is 14.0. The minimum Gasteiger partial charge on any atom is -0.464 e. The van der Waals surface area contributed by atoms with E-state index in [-0.39, 0.29) is 87.0 Å². The molecule has 2 unspecified atom stereocenters. The second-order valence-corrected chi connectivity index (χ2v) is 27.6. The van der Waals surface area contributed by atoms with E-state index in [1.54, 1.807) is 77.3 Å². The number of halogens is 2. The Hall–Kier alpha value is -7.12. The van der Waals surface area contributed by atoms with Gasteiger partial charge in [-0.15, -0.1) is 23.2 Å². The number of para-hydroxylation sites is 2. The lowest BCUT2D eigenvalue weighted by Crippen LogP contribution is -2.49. The number of nitro groups is 1. The van der Waals surface area contributed by atoms with E-state index in [1.807, 2.05) is 53.7 Å². The number of ether oxygens (including phenoxy) is 6. The Morgan fingerprint density at radius 3 is 1.54 bits per heavy atom. The molecule has 12 atom stereocenters. The molecule has 10 rings (SSSR count). The number of fused-ring (bicyclic) bond motifs is 3. The van der Waals surface area contributed by atoms with Crippen LogP contribution >= 0.6 is 38.7 Å². The molecule has 3 aliphatic rings. The summed E-state index contributed by atoms with van der Waals surface area (Å²) in [6.45, 7) is 14.3. The predicted molar refractivity (Wildman–Crippen MR) is 370 cm³/mol. The topological polar surface area (TPSA) is 401 Å². The number of carbonyl (C=O) groups is 2. The summed E-state index contributed by atoms with van der Waals surface area (Å²) < 4.78 is 88.2. The fraction of sp³-hybridized carbons (Fsp3) is 0.508. The van der Waals surface area contributed by atoms with Crippen molar-refractivity contribution in [1.29, 1.82) is 0 Å². The van der Waals surface area contributed by atoms with E-state index < -0.39 is 105 Å². The summed E-state index contributed by atoms with van der Waals surface area (Å²) in [5.41, 5.74) is 11.2. The average Bonchev–Trinajstić information content (AvgIpc) is 1.57. The Bertz CT molecular complexity index is 3840. The normalized spacial score (nSPS) is 23.1. The molecule has 7 aromatic rings. The van der Waals surface area contributed by atoms with Crippen LogP contribution in [0, 0.1) is 22.0 Å². The van der Waals surface area contributed by atoms with Gasteiger partial charge < -0.3 is 68.8 Å². The monoisotopic (exact) mass is 1460 g/mol. The molecule has 3 saturated heterocycles. The Balaban J connectivity index is 0.000000241. The first-order chi connectivity index (χ1) is 46.2. The highest BCUT2D eigenvalue weighted by molar-refractivity contribution is 7.52. The molecule has 0 radical (unpaired) electrons. The van der Waals surface area contributed by atoms with Crippen LogP contribution in [0.3, 0.4) is 0 Å². The highest BCUT2D eigenvalue weighted by Crippen LogP contribution is 2.52. The molecule has 544 valence electrons. The number of aromatic nitrogens is 6. The number of anilines is 2. The van der Waals surface area contributed by atoms with E-state index in [2.05, 4.69) is 30.3 Å². The van der Waals surface area contributed by atoms with Crippen molar-refractivity contribution in [3.05, 3.63) is 143 Å². The van der Waals surface area contributed by atoms with Gasteiger partial charge >= 0.3 is 27.4 Å². The second kappa shape index (κ2) is 35.5. The highest BCUT2D eigenvalue weighted by atomic mass is 35.5. The second-order valence-electron chi connectivity index (χ2n) is 23.7. The van der Waals surface area contributed by atoms with Gasteiger partial charge in [0.25, 0.3) is 5.69 Å². The van der Waals surface area contributed by atoms with E-state index >= 15 is 0 Å². The lowest BCUT2D eigenvalue weighted by Gasteiger charge is -2.32. The van der Waals surface area contributed by atoms with Gasteiger partial charge in [-0.3, -0.25) is 24.2 Å². The van der Waals surface area contributed by atoms with Crippen LogP contribution in [0.15, 0.2) is 122 Å². The third-order valence-corrected chi connectivity index (χ3v) is 20.6. The molecule has 7 heterocycles. The molecule has 0 aliphatic carbocycles. The zero-order chi connectivity index (χ0) is 70.5. The molecule has 0 saturated carbocycles. The van der Waals surface area contributed by atoms with E-state index in [0.29, 0.717) is 22.5 Å². The fourth-order valence-electron chi connectivity index (χ4n) is 10.7. The van der Waals surface area contributed by atoms with Crippen molar-refractivity contribution in [3.8, 4) is 17.2 Å². The van der Waals surface area contributed by atoms with Crippen LogP contribution in [0.1, 0.15) is 120 Å². The van der Waals surface area contributed by atoms with Gasteiger partial charge in [-0.2, -0.15) is 20.4 Å². The molecule has 9 N–H and O–H groups in total. The van der Waals surface area contributed by atoms with Crippen molar-refractivity contribution in [3.63, 3.8) is 0 Å². The lowest BCUT2D eigenvalue weighted by atomic mass is 9.96. The largest absolute Gasteiger partial charge is 0.513 e. The van der Waals surface area contributed by atoms with Crippen LogP contribution < -0.4 is 35.2 Å². The number of alkyl halides is 2. The molecule has 3 aliphatic heterocycles. The summed E-state index contributed by atoms with van der Waals surface area (Å²) in [6.07, 6.45) is 0.578. The number of esters is 2. The van der Waals surface area contributed by atoms with Crippen molar-refractivity contribution < 1.29 is 85.5 Å². The SMILES string of the molecule is C.C.CC1(C)O[C@H]2[C@H](c3ccc4c(N)ncnn34)O[C@@](CO)(CCl)[C@H]2O1.CCC(CC)COC(=O)[C@H](C)NP(=O)(OC[C@@]1(CCl)O[C@@H](c2ccc3c(N)ncnn23)[C@H](O)[C@@H]1O)Oc1ccccc1.CCC(CC)COC(=O)[C@H](C)NP(=O)(Oc1ccccc1)Oc1ccc([N+](=O)[O-])cc1. The van der Waals surface area contributed by atoms with Crippen molar-refractivity contribution in [1.82, 2.24) is 39.4 Å². The van der Waals surface area contributed by atoms with Crippen LogP contribution in [0.25, 0.3) is 11.0 Å². The zero-order valence-corrected chi connectivity index (χ0v) is 58.0. The number of nitrogens with zero attached hydrogens (tertiary/aromatic N) is 7. The Labute approximate surface area is 584 Å². The molecular weight excluding hydrogens is 1370 g/mol. The number of aliphatic hydroxyl groups is 3. The molecular formula is C65H91Cl2N11O19P2. The minimum absolute atomic E-state index is 0. The third kappa shape index (κ3) is 19.5. The van der Waals surface area contributed by atoms with Crippen molar-refractivity contribution >= 4 is 79.0 Å². The van der Waals surface area contributed by atoms with E-state index in [1.165, 1.54) is 55.3 Å². The quantitative estimate of drug-likeness (QED) is 0.00753. The van der Waals surface area contributed by atoms with Gasteiger partial charge in [0, 0.05) is 12.1 Å². The number of hydrogen-bond donors (Lipinski definition) is 7. The molecule has 3 aromatic carbocycles. The first kappa shape index (κ1) is 80.9. The van der Waals surface area contributed by atoms with Gasteiger partial charge in [0.2, 0.25) is 0 Å². The molecule has 0 amide bonds. The Kier molecular flexibility index (Phi) is 29.0. The number of rotatable bonds is 29. The van der Waals surface area contributed by atoms with Crippen LogP contribution in [0.2, 0.25) is 0 Å². The number of non-ortho nitro benzene ring substituents is 1. The molecule has 34 heteroatoms. The van der Waals surface area contributed by atoms with Crippen LogP contribution in [0.4, 0.5) is 17.3 Å². The first-order valence-corrected chi connectivity index (χ1v) is 35.5. The zero-order valence-electron chi connectivity index (χ0n) is 54.7.